The predicted octanol–water partition coefficient (Wildman–Crippen LogP) is 2.12. The van der Waals surface area contributed by atoms with Crippen molar-refractivity contribution in [1.29, 1.82) is 0 Å². The monoisotopic (exact) mass is 329 g/mol. The second kappa shape index (κ2) is 7.13. The Hall–Kier alpha value is -2.21. The number of aryl methyl sites for hydroxylation is 2. The molecule has 0 bridgehead atoms. The molecule has 1 saturated heterocycles. The molecule has 2 aromatic heterocycles. The number of aromatic nitrogens is 2. The zero-order valence-corrected chi connectivity index (χ0v) is 14.4. The van der Waals surface area contributed by atoms with E-state index in [0.717, 1.165) is 22.7 Å². The summed E-state index contributed by atoms with van der Waals surface area (Å²) < 4.78 is 10.5. The Balaban J connectivity index is 1.74. The minimum Gasteiger partial charge on any atom is -0.384 e. The van der Waals surface area contributed by atoms with Gasteiger partial charge < -0.3 is 14.2 Å². The van der Waals surface area contributed by atoms with Crippen molar-refractivity contribution >= 4 is 5.91 Å². The highest BCUT2D eigenvalue weighted by atomic mass is 16.5. The van der Waals surface area contributed by atoms with Crippen LogP contribution in [0.5, 0.6) is 0 Å². The fraction of sp³-hybridized carbons (Fsp3) is 0.500. The van der Waals surface area contributed by atoms with Crippen molar-refractivity contribution in [3.05, 3.63) is 47.1 Å². The first-order valence-electron chi connectivity index (χ1n) is 8.19. The first-order chi connectivity index (χ1) is 11.6. The van der Waals surface area contributed by atoms with Crippen molar-refractivity contribution in [3.63, 3.8) is 0 Å². The van der Waals surface area contributed by atoms with Crippen molar-refractivity contribution in [3.8, 4) is 0 Å². The molecule has 2 atom stereocenters. The Kier molecular flexibility index (Phi) is 4.94. The van der Waals surface area contributed by atoms with Crippen LogP contribution < -0.4 is 0 Å². The molecule has 3 heterocycles. The number of hydrogen-bond donors (Lipinski definition) is 0. The fourth-order valence-corrected chi connectivity index (χ4v) is 3.41. The number of hydrogen-bond acceptors (Lipinski definition) is 5. The average molecular weight is 329 g/mol. The molecule has 0 aliphatic carbocycles. The van der Waals surface area contributed by atoms with Crippen molar-refractivity contribution < 1.29 is 14.1 Å². The summed E-state index contributed by atoms with van der Waals surface area (Å²) in [4.78, 5) is 19.1. The summed E-state index contributed by atoms with van der Waals surface area (Å²) in [5.74, 6) is 1.29. The van der Waals surface area contributed by atoms with Gasteiger partial charge in [0.05, 0.1) is 18.7 Å². The van der Waals surface area contributed by atoms with E-state index in [1.165, 1.54) is 0 Å². The van der Waals surface area contributed by atoms with Gasteiger partial charge in [0, 0.05) is 49.5 Å². The Morgan fingerprint density at radius 3 is 2.83 bits per heavy atom. The highest BCUT2D eigenvalue weighted by Crippen LogP contribution is 2.32. The molecule has 24 heavy (non-hydrogen) atoms. The van der Waals surface area contributed by atoms with Gasteiger partial charge in [0.1, 0.15) is 5.76 Å². The first-order valence-corrected chi connectivity index (χ1v) is 8.19. The van der Waals surface area contributed by atoms with Crippen LogP contribution in [-0.4, -0.2) is 47.8 Å². The standard InChI is InChI=1S/C18H23N3O3/c1-12-15(13(2)24-20-12)8-18(22)21-9-14(11-23-3)16(10-21)17-6-4-5-7-19-17/h4-7,14,16H,8-11H2,1-3H3/t14-,16+/m0/s1. The lowest BCUT2D eigenvalue weighted by atomic mass is 9.93. The molecule has 6 nitrogen and oxygen atoms in total. The van der Waals surface area contributed by atoms with E-state index in [1.807, 2.05) is 36.9 Å². The van der Waals surface area contributed by atoms with E-state index in [4.69, 9.17) is 9.26 Å². The summed E-state index contributed by atoms with van der Waals surface area (Å²) >= 11 is 0. The summed E-state index contributed by atoms with van der Waals surface area (Å²) in [5.41, 5.74) is 2.70. The summed E-state index contributed by atoms with van der Waals surface area (Å²) in [6, 6.07) is 5.92. The maximum absolute atomic E-state index is 12.7. The predicted molar refractivity (Wildman–Crippen MR) is 88.6 cm³/mol. The van der Waals surface area contributed by atoms with Gasteiger partial charge >= 0.3 is 0 Å². The smallest absolute Gasteiger partial charge is 0.227 e. The molecule has 128 valence electrons. The van der Waals surface area contributed by atoms with Gasteiger partial charge in [-0.15, -0.1) is 0 Å². The third kappa shape index (κ3) is 3.33. The molecule has 0 unspecified atom stereocenters. The van der Waals surface area contributed by atoms with E-state index in [0.29, 0.717) is 26.1 Å². The van der Waals surface area contributed by atoms with Gasteiger partial charge in [-0.2, -0.15) is 0 Å². The molecular formula is C18H23N3O3. The molecule has 3 rings (SSSR count). The minimum absolute atomic E-state index is 0.101. The third-order valence-corrected chi connectivity index (χ3v) is 4.75. The highest BCUT2D eigenvalue weighted by molar-refractivity contribution is 5.79. The maximum Gasteiger partial charge on any atom is 0.227 e. The summed E-state index contributed by atoms with van der Waals surface area (Å²) in [7, 11) is 1.70. The normalized spacial score (nSPS) is 20.5. The van der Waals surface area contributed by atoms with Crippen LogP contribution >= 0.6 is 0 Å². The van der Waals surface area contributed by atoms with Crippen LogP contribution in [0.15, 0.2) is 28.9 Å². The Morgan fingerprint density at radius 1 is 1.38 bits per heavy atom. The van der Waals surface area contributed by atoms with E-state index in [1.54, 1.807) is 13.3 Å². The lowest BCUT2D eigenvalue weighted by Gasteiger charge is -2.16. The SMILES string of the molecule is COC[C@@H]1CN(C(=O)Cc2c(C)noc2C)C[C@H]1c1ccccn1. The second-order valence-corrected chi connectivity index (χ2v) is 6.35. The molecular weight excluding hydrogens is 306 g/mol. The molecule has 6 heteroatoms. The molecule has 2 aromatic rings. The topological polar surface area (TPSA) is 68.5 Å². The maximum atomic E-state index is 12.7. The van der Waals surface area contributed by atoms with Crippen LogP contribution in [0.1, 0.15) is 28.6 Å². The number of nitrogens with zero attached hydrogens (tertiary/aromatic N) is 3. The summed E-state index contributed by atoms with van der Waals surface area (Å²) in [5, 5.41) is 3.93. The molecule has 1 aliphatic heterocycles. The van der Waals surface area contributed by atoms with Gasteiger partial charge in [0.15, 0.2) is 0 Å². The molecule has 0 spiro atoms. The number of carbonyl (C=O) groups excluding carboxylic acids is 1. The number of methoxy groups -OCH3 is 1. The molecule has 1 fully saturated rings. The van der Waals surface area contributed by atoms with Crippen molar-refractivity contribution in [1.82, 2.24) is 15.0 Å². The van der Waals surface area contributed by atoms with Gasteiger partial charge in [-0.05, 0) is 26.0 Å². The molecule has 0 N–H and O–H groups in total. The van der Waals surface area contributed by atoms with E-state index in [9.17, 15) is 4.79 Å². The van der Waals surface area contributed by atoms with Crippen molar-refractivity contribution in [2.24, 2.45) is 5.92 Å². The Bertz CT molecular complexity index is 679. The van der Waals surface area contributed by atoms with Crippen molar-refractivity contribution in [2.75, 3.05) is 26.8 Å². The van der Waals surface area contributed by atoms with Crippen molar-refractivity contribution in [2.45, 2.75) is 26.2 Å². The molecule has 0 saturated carbocycles. The van der Waals surface area contributed by atoms with Crippen LogP contribution in [-0.2, 0) is 16.0 Å². The Morgan fingerprint density at radius 2 is 2.21 bits per heavy atom. The molecule has 1 amide bonds. The summed E-state index contributed by atoms with van der Waals surface area (Å²) in [6.07, 6.45) is 2.13. The van der Waals surface area contributed by atoms with Crippen LogP contribution in [0.3, 0.4) is 0 Å². The number of amides is 1. The number of rotatable bonds is 5. The van der Waals surface area contributed by atoms with E-state index < -0.39 is 0 Å². The van der Waals surface area contributed by atoms with Crippen LogP contribution in [0.2, 0.25) is 0 Å². The first kappa shape index (κ1) is 16.6. The van der Waals surface area contributed by atoms with Gasteiger partial charge in [-0.25, -0.2) is 0 Å². The lowest BCUT2D eigenvalue weighted by Crippen LogP contribution is -2.31. The average Bonchev–Trinajstić information content (AvgIpc) is 3.15. The fourth-order valence-electron chi connectivity index (χ4n) is 3.41. The number of pyridine rings is 1. The zero-order valence-electron chi connectivity index (χ0n) is 14.4. The van der Waals surface area contributed by atoms with E-state index >= 15 is 0 Å². The number of ether oxygens (including phenoxy) is 1. The van der Waals surface area contributed by atoms with Crippen LogP contribution in [0.25, 0.3) is 0 Å². The molecule has 1 aliphatic rings. The lowest BCUT2D eigenvalue weighted by molar-refractivity contribution is -0.129. The van der Waals surface area contributed by atoms with Gasteiger partial charge in [-0.1, -0.05) is 11.2 Å². The molecule has 0 aromatic carbocycles. The zero-order chi connectivity index (χ0) is 17.1. The van der Waals surface area contributed by atoms with Crippen LogP contribution in [0.4, 0.5) is 0 Å². The Labute approximate surface area is 141 Å². The van der Waals surface area contributed by atoms with E-state index in [-0.39, 0.29) is 17.7 Å². The minimum atomic E-state index is 0.101. The largest absolute Gasteiger partial charge is 0.384 e. The second-order valence-electron chi connectivity index (χ2n) is 6.35. The quantitative estimate of drug-likeness (QED) is 0.840. The van der Waals surface area contributed by atoms with E-state index in [2.05, 4.69) is 10.1 Å². The number of carbonyl (C=O) groups is 1. The molecule has 0 radical (unpaired) electrons. The number of likely N-dealkylation sites (tertiary alicyclic amines) is 1. The third-order valence-electron chi connectivity index (χ3n) is 4.75. The van der Waals surface area contributed by atoms with Gasteiger partial charge in [0.2, 0.25) is 5.91 Å². The summed E-state index contributed by atoms with van der Waals surface area (Å²) in [6.45, 7) is 5.70. The van der Waals surface area contributed by atoms with Crippen LogP contribution in [0, 0.1) is 19.8 Å². The highest BCUT2D eigenvalue weighted by Gasteiger charge is 2.37. The van der Waals surface area contributed by atoms with Gasteiger partial charge in [-0.3, -0.25) is 9.78 Å². The van der Waals surface area contributed by atoms with Gasteiger partial charge in [0.25, 0.3) is 0 Å².